The molecule has 1 aliphatic heterocycles. The number of nitrogens with one attached hydrogen (secondary N) is 1. The number of halogens is 1. The molecule has 0 amide bonds. The van der Waals surface area contributed by atoms with E-state index < -0.39 is 0 Å². The zero-order valence-corrected chi connectivity index (χ0v) is 11.4. The summed E-state index contributed by atoms with van der Waals surface area (Å²) in [5, 5.41) is 13.3. The van der Waals surface area contributed by atoms with Gasteiger partial charge in [0.05, 0.1) is 11.3 Å². The molecule has 96 valence electrons. The van der Waals surface area contributed by atoms with Crippen LogP contribution in [-0.4, -0.2) is 26.2 Å². The fourth-order valence-electron chi connectivity index (χ4n) is 2.48. The maximum atomic E-state index is 9.18. The van der Waals surface area contributed by atoms with Crippen molar-refractivity contribution in [1.82, 2.24) is 5.32 Å². The first kappa shape index (κ1) is 13.2. The van der Waals surface area contributed by atoms with Crippen molar-refractivity contribution < 1.29 is 0 Å². The molecule has 18 heavy (non-hydrogen) atoms. The van der Waals surface area contributed by atoms with Crippen LogP contribution in [0, 0.1) is 11.3 Å². The summed E-state index contributed by atoms with van der Waals surface area (Å²) in [5.41, 5.74) is 1.64. The molecule has 1 heterocycles. The molecule has 1 atom stereocenters. The predicted octanol–water partition coefficient (Wildman–Crippen LogP) is 2.79. The Labute approximate surface area is 113 Å². The van der Waals surface area contributed by atoms with Gasteiger partial charge in [0.15, 0.2) is 0 Å². The third-order valence-electron chi connectivity index (χ3n) is 3.55. The molecular weight excluding hydrogens is 246 g/mol. The summed E-state index contributed by atoms with van der Waals surface area (Å²) in [6.45, 7) is 2.13. The Hall–Kier alpha value is -1.24. The first-order valence-electron chi connectivity index (χ1n) is 6.35. The normalized spacial score (nSPS) is 19.9. The zero-order valence-electron chi connectivity index (χ0n) is 10.6. The first-order valence-corrected chi connectivity index (χ1v) is 6.73. The second kappa shape index (κ2) is 6.08. The van der Waals surface area contributed by atoms with E-state index in [4.69, 9.17) is 11.6 Å². The molecule has 1 unspecified atom stereocenters. The Bertz CT molecular complexity index is 445. The predicted molar refractivity (Wildman–Crippen MR) is 75.1 cm³/mol. The highest BCUT2D eigenvalue weighted by Crippen LogP contribution is 2.27. The SMILES string of the molecule is CN(c1cc(Cl)ccc1C#N)C1CCCNCC1. The number of nitrogens with zero attached hydrogens (tertiary/aromatic N) is 2. The molecule has 2 rings (SSSR count). The Balaban J connectivity index is 2.24. The lowest BCUT2D eigenvalue weighted by Gasteiger charge is -2.30. The van der Waals surface area contributed by atoms with Crippen molar-refractivity contribution in [2.24, 2.45) is 0 Å². The number of hydrogen-bond acceptors (Lipinski definition) is 3. The van der Waals surface area contributed by atoms with Crippen LogP contribution in [0.4, 0.5) is 5.69 Å². The van der Waals surface area contributed by atoms with Crippen molar-refractivity contribution in [3.8, 4) is 6.07 Å². The minimum absolute atomic E-state index is 0.477. The Kier molecular flexibility index (Phi) is 4.46. The highest BCUT2D eigenvalue weighted by atomic mass is 35.5. The van der Waals surface area contributed by atoms with Crippen LogP contribution in [-0.2, 0) is 0 Å². The van der Waals surface area contributed by atoms with Gasteiger partial charge >= 0.3 is 0 Å². The van der Waals surface area contributed by atoms with E-state index in [1.54, 1.807) is 12.1 Å². The van der Waals surface area contributed by atoms with Gasteiger partial charge in [0.25, 0.3) is 0 Å². The molecule has 0 saturated carbocycles. The number of benzene rings is 1. The minimum Gasteiger partial charge on any atom is -0.370 e. The van der Waals surface area contributed by atoms with Gasteiger partial charge in [0.2, 0.25) is 0 Å². The van der Waals surface area contributed by atoms with E-state index in [-0.39, 0.29) is 0 Å². The maximum Gasteiger partial charge on any atom is 0.101 e. The lowest BCUT2D eigenvalue weighted by molar-refractivity contribution is 0.566. The second-order valence-electron chi connectivity index (χ2n) is 4.72. The Morgan fingerprint density at radius 1 is 1.39 bits per heavy atom. The van der Waals surface area contributed by atoms with Crippen molar-refractivity contribution in [1.29, 1.82) is 5.26 Å². The van der Waals surface area contributed by atoms with Crippen molar-refractivity contribution in [2.75, 3.05) is 25.0 Å². The van der Waals surface area contributed by atoms with Crippen LogP contribution >= 0.6 is 11.6 Å². The molecule has 1 fully saturated rings. The van der Waals surface area contributed by atoms with Gasteiger partial charge < -0.3 is 10.2 Å². The summed E-state index contributed by atoms with van der Waals surface area (Å²) >= 11 is 6.04. The van der Waals surface area contributed by atoms with Gasteiger partial charge in [-0.25, -0.2) is 0 Å². The standard InChI is InChI=1S/C14H18ClN3/c1-18(13-3-2-7-17-8-6-13)14-9-12(15)5-4-11(14)10-16/h4-5,9,13,17H,2-3,6-8H2,1H3. The molecule has 4 heteroatoms. The molecule has 1 saturated heterocycles. The maximum absolute atomic E-state index is 9.18. The van der Waals surface area contributed by atoms with Gasteiger partial charge in [-0.2, -0.15) is 5.26 Å². The molecular formula is C14H18ClN3. The van der Waals surface area contributed by atoms with Gasteiger partial charge in [0.1, 0.15) is 6.07 Å². The van der Waals surface area contributed by atoms with Crippen LogP contribution in [0.1, 0.15) is 24.8 Å². The summed E-state index contributed by atoms with van der Waals surface area (Å²) in [4.78, 5) is 2.21. The van der Waals surface area contributed by atoms with Gasteiger partial charge in [-0.1, -0.05) is 11.6 Å². The van der Waals surface area contributed by atoms with Crippen LogP contribution in [0.3, 0.4) is 0 Å². The quantitative estimate of drug-likeness (QED) is 0.892. The molecule has 1 aromatic rings. The average molecular weight is 264 g/mol. The smallest absolute Gasteiger partial charge is 0.101 e. The van der Waals surface area contributed by atoms with Crippen LogP contribution in [0.5, 0.6) is 0 Å². The lowest BCUT2D eigenvalue weighted by Crippen LogP contribution is -2.32. The molecule has 0 spiro atoms. The zero-order chi connectivity index (χ0) is 13.0. The summed E-state index contributed by atoms with van der Waals surface area (Å²) in [7, 11) is 2.06. The van der Waals surface area contributed by atoms with Crippen LogP contribution in [0.25, 0.3) is 0 Å². The van der Waals surface area contributed by atoms with Gasteiger partial charge in [-0.3, -0.25) is 0 Å². The highest BCUT2D eigenvalue weighted by molar-refractivity contribution is 6.30. The average Bonchev–Trinajstić information content (AvgIpc) is 2.66. The lowest BCUT2D eigenvalue weighted by atomic mass is 10.1. The van der Waals surface area contributed by atoms with E-state index in [2.05, 4.69) is 23.3 Å². The van der Waals surface area contributed by atoms with Crippen LogP contribution in [0.2, 0.25) is 5.02 Å². The van der Waals surface area contributed by atoms with Crippen molar-refractivity contribution in [3.63, 3.8) is 0 Å². The van der Waals surface area contributed by atoms with Crippen molar-refractivity contribution in [3.05, 3.63) is 28.8 Å². The highest BCUT2D eigenvalue weighted by Gasteiger charge is 2.19. The Morgan fingerprint density at radius 3 is 3.00 bits per heavy atom. The fraction of sp³-hybridized carbons (Fsp3) is 0.500. The topological polar surface area (TPSA) is 39.1 Å². The molecule has 0 radical (unpaired) electrons. The summed E-state index contributed by atoms with van der Waals surface area (Å²) in [6.07, 6.45) is 3.44. The van der Waals surface area contributed by atoms with E-state index in [1.165, 1.54) is 6.42 Å². The number of hydrogen-bond donors (Lipinski definition) is 1. The molecule has 1 N–H and O–H groups in total. The second-order valence-corrected chi connectivity index (χ2v) is 5.16. The molecule has 1 aromatic carbocycles. The van der Waals surface area contributed by atoms with E-state index >= 15 is 0 Å². The van der Waals surface area contributed by atoms with Crippen molar-refractivity contribution >= 4 is 17.3 Å². The fourth-order valence-corrected chi connectivity index (χ4v) is 2.64. The van der Waals surface area contributed by atoms with Gasteiger partial charge in [0, 0.05) is 18.1 Å². The van der Waals surface area contributed by atoms with E-state index in [1.807, 2.05) is 6.07 Å². The van der Waals surface area contributed by atoms with E-state index in [9.17, 15) is 5.26 Å². The number of nitriles is 1. The Morgan fingerprint density at radius 2 is 2.22 bits per heavy atom. The third-order valence-corrected chi connectivity index (χ3v) is 3.79. The van der Waals surface area contributed by atoms with Crippen molar-refractivity contribution in [2.45, 2.75) is 25.3 Å². The number of rotatable bonds is 2. The molecule has 0 aromatic heterocycles. The third kappa shape index (κ3) is 2.95. The molecule has 0 bridgehead atoms. The molecule has 0 aliphatic carbocycles. The molecule has 3 nitrogen and oxygen atoms in total. The largest absolute Gasteiger partial charge is 0.370 e. The minimum atomic E-state index is 0.477. The summed E-state index contributed by atoms with van der Waals surface area (Å²) < 4.78 is 0. The van der Waals surface area contributed by atoms with E-state index in [0.29, 0.717) is 16.6 Å². The first-order chi connectivity index (χ1) is 8.72. The van der Waals surface area contributed by atoms with Gasteiger partial charge in [-0.05, 0) is 50.6 Å². The van der Waals surface area contributed by atoms with E-state index in [0.717, 1.165) is 31.6 Å². The molecule has 1 aliphatic rings. The monoisotopic (exact) mass is 263 g/mol. The van der Waals surface area contributed by atoms with Gasteiger partial charge in [-0.15, -0.1) is 0 Å². The summed E-state index contributed by atoms with van der Waals surface area (Å²) in [6, 6.07) is 8.17. The van der Waals surface area contributed by atoms with Crippen LogP contribution in [0.15, 0.2) is 18.2 Å². The summed E-state index contributed by atoms with van der Waals surface area (Å²) in [5.74, 6) is 0. The number of anilines is 1. The van der Waals surface area contributed by atoms with Crippen LogP contribution < -0.4 is 10.2 Å².